The van der Waals surface area contributed by atoms with E-state index in [1.165, 1.54) is 12.1 Å². The summed E-state index contributed by atoms with van der Waals surface area (Å²) in [5.41, 5.74) is 1.92. The third-order valence-corrected chi connectivity index (χ3v) is 3.61. The summed E-state index contributed by atoms with van der Waals surface area (Å²) in [7, 11) is 0. The molecule has 0 saturated carbocycles. The highest BCUT2D eigenvalue weighted by atomic mass is 79.9. The van der Waals surface area contributed by atoms with E-state index in [0.717, 1.165) is 16.5 Å². The molecule has 0 radical (unpaired) electrons. The molecule has 0 fully saturated rings. The van der Waals surface area contributed by atoms with Crippen LogP contribution in [-0.4, -0.2) is 4.98 Å². The van der Waals surface area contributed by atoms with E-state index in [-0.39, 0.29) is 5.82 Å². The third-order valence-electron chi connectivity index (χ3n) is 2.99. The van der Waals surface area contributed by atoms with E-state index in [2.05, 4.69) is 20.9 Å². The Kier molecular flexibility index (Phi) is 3.65. The number of aromatic nitrogens is 1. The van der Waals surface area contributed by atoms with Crippen LogP contribution in [0.1, 0.15) is 5.56 Å². The first-order chi connectivity index (χ1) is 9.74. The lowest BCUT2D eigenvalue weighted by molar-refractivity contribution is 0.305. The first-order valence-corrected chi connectivity index (χ1v) is 6.94. The normalized spacial score (nSPS) is 10.7. The van der Waals surface area contributed by atoms with E-state index in [1.807, 2.05) is 30.3 Å². The van der Waals surface area contributed by atoms with Crippen LogP contribution in [0.3, 0.4) is 0 Å². The summed E-state index contributed by atoms with van der Waals surface area (Å²) in [5, 5.41) is 1.08. The van der Waals surface area contributed by atoms with Gasteiger partial charge in [-0.25, -0.2) is 4.39 Å². The molecule has 0 atom stereocenters. The Labute approximate surface area is 124 Å². The Morgan fingerprint density at radius 1 is 1.10 bits per heavy atom. The summed E-state index contributed by atoms with van der Waals surface area (Å²) in [4.78, 5) is 4.38. The van der Waals surface area contributed by atoms with Gasteiger partial charge in [0, 0.05) is 17.1 Å². The van der Waals surface area contributed by atoms with Crippen LogP contribution >= 0.6 is 15.9 Å². The Hall–Kier alpha value is -1.94. The fraction of sp³-hybridized carbons (Fsp3) is 0.0625. The van der Waals surface area contributed by atoms with E-state index >= 15 is 0 Å². The zero-order valence-corrected chi connectivity index (χ0v) is 12.1. The minimum atomic E-state index is -0.295. The van der Waals surface area contributed by atoms with Crippen LogP contribution in [0.4, 0.5) is 4.39 Å². The van der Waals surface area contributed by atoms with Gasteiger partial charge < -0.3 is 4.74 Å². The molecule has 2 nitrogen and oxygen atoms in total. The van der Waals surface area contributed by atoms with Gasteiger partial charge in [0.1, 0.15) is 18.2 Å². The summed E-state index contributed by atoms with van der Waals surface area (Å²) in [6.45, 7) is 0.387. The lowest BCUT2D eigenvalue weighted by atomic mass is 10.1. The molecule has 2 aromatic carbocycles. The summed E-state index contributed by atoms with van der Waals surface area (Å²) in [5.74, 6) is 0.315. The summed E-state index contributed by atoms with van der Waals surface area (Å²) >= 11 is 3.29. The SMILES string of the molecule is Fc1ccc(OCc2cccc3cccnc23)c(Br)c1. The molecule has 1 aromatic heterocycles. The zero-order valence-electron chi connectivity index (χ0n) is 10.5. The molecule has 3 rings (SSSR count). The number of fused-ring (bicyclic) bond motifs is 1. The number of benzene rings is 2. The largest absolute Gasteiger partial charge is 0.488 e. The van der Waals surface area contributed by atoms with Gasteiger partial charge in [0.05, 0.1) is 9.99 Å². The van der Waals surface area contributed by atoms with Crippen molar-refractivity contribution in [1.29, 1.82) is 0 Å². The molecule has 0 amide bonds. The fourth-order valence-corrected chi connectivity index (χ4v) is 2.50. The van der Waals surface area contributed by atoms with Crippen LogP contribution < -0.4 is 4.74 Å². The van der Waals surface area contributed by atoms with Crippen molar-refractivity contribution in [2.24, 2.45) is 0 Å². The van der Waals surface area contributed by atoms with Crippen LogP contribution in [0.2, 0.25) is 0 Å². The van der Waals surface area contributed by atoms with Gasteiger partial charge in [0.25, 0.3) is 0 Å². The first-order valence-electron chi connectivity index (χ1n) is 6.14. The minimum Gasteiger partial charge on any atom is -0.488 e. The van der Waals surface area contributed by atoms with Crippen LogP contribution in [0.15, 0.2) is 59.2 Å². The molecule has 0 aliphatic carbocycles. The number of hydrogen-bond acceptors (Lipinski definition) is 2. The molecule has 0 aliphatic heterocycles. The lowest BCUT2D eigenvalue weighted by Crippen LogP contribution is -1.98. The number of rotatable bonds is 3. The second-order valence-corrected chi connectivity index (χ2v) is 5.21. The van der Waals surface area contributed by atoms with Gasteiger partial charge in [0.2, 0.25) is 0 Å². The average Bonchev–Trinajstić information content (AvgIpc) is 2.46. The van der Waals surface area contributed by atoms with E-state index in [0.29, 0.717) is 16.8 Å². The highest BCUT2D eigenvalue weighted by Gasteiger charge is 2.06. The second-order valence-electron chi connectivity index (χ2n) is 4.36. The molecule has 0 saturated heterocycles. The van der Waals surface area contributed by atoms with E-state index in [9.17, 15) is 4.39 Å². The monoisotopic (exact) mass is 331 g/mol. The molecule has 0 unspecified atom stereocenters. The Balaban J connectivity index is 1.87. The van der Waals surface area contributed by atoms with Crippen molar-refractivity contribution in [1.82, 2.24) is 4.98 Å². The van der Waals surface area contributed by atoms with Gasteiger partial charge in [-0.3, -0.25) is 4.98 Å². The van der Waals surface area contributed by atoms with Crippen LogP contribution in [0.5, 0.6) is 5.75 Å². The third kappa shape index (κ3) is 2.65. The predicted octanol–water partition coefficient (Wildman–Crippen LogP) is 4.72. The molecule has 0 spiro atoms. The van der Waals surface area contributed by atoms with Gasteiger partial charge in [-0.15, -0.1) is 0 Å². The maximum absolute atomic E-state index is 13.0. The molecule has 1 heterocycles. The van der Waals surface area contributed by atoms with Gasteiger partial charge in [0.15, 0.2) is 0 Å². The first kappa shape index (κ1) is 13.1. The van der Waals surface area contributed by atoms with Crippen molar-refractivity contribution in [2.75, 3.05) is 0 Å². The van der Waals surface area contributed by atoms with Crippen LogP contribution in [0, 0.1) is 5.82 Å². The number of halogens is 2. The van der Waals surface area contributed by atoms with E-state index in [1.54, 1.807) is 12.3 Å². The van der Waals surface area contributed by atoms with Crippen molar-refractivity contribution in [2.45, 2.75) is 6.61 Å². The molecule has 100 valence electrons. The lowest BCUT2D eigenvalue weighted by Gasteiger charge is -2.10. The van der Waals surface area contributed by atoms with Gasteiger partial charge in [-0.05, 0) is 40.2 Å². The van der Waals surface area contributed by atoms with Crippen LogP contribution in [0.25, 0.3) is 10.9 Å². The molecule has 3 aromatic rings. The number of ether oxygens (including phenoxy) is 1. The Morgan fingerprint density at radius 3 is 2.80 bits per heavy atom. The molecular weight excluding hydrogens is 321 g/mol. The molecule has 20 heavy (non-hydrogen) atoms. The van der Waals surface area contributed by atoms with Crippen molar-refractivity contribution in [3.8, 4) is 5.75 Å². The number of hydrogen-bond donors (Lipinski definition) is 0. The topological polar surface area (TPSA) is 22.1 Å². The summed E-state index contributed by atoms with van der Waals surface area (Å²) in [6.07, 6.45) is 1.76. The van der Waals surface area contributed by atoms with Crippen molar-refractivity contribution >= 4 is 26.8 Å². The Bertz CT molecular complexity index is 755. The summed E-state index contributed by atoms with van der Waals surface area (Å²) < 4.78 is 19.4. The zero-order chi connectivity index (χ0) is 13.9. The van der Waals surface area contributed by atoms with Crippen molar-refractivity contribution < 1.29 is 9.13 Å². The van der Waals surface area contributed by atoms with E-state index in [4.69, 9.17) is 4.74 Å². The van der Waals surface area contributed by atoms with Gasteiger partial charge in [-0.2, -0.15) is 0 Å². The molecular formula is C16H11BrFNO. The highest BCUT2D eigenvalue weighted by Crippen LogP contribution is 2.27. The Morgan fingerprint density at radius 2 is 1.95 bits per heavy atom. The summed E-state index contributed by atoms with van der Waals surface area (Å²) in [6, 6.07) is 14.3. The second kappa shape index (κ2) is 5.59. The van der Waals surface area contributed by atoms with Gasteiger partial charge in [-0.1, -0.05) is 24.3 Å². The smallest absolute Gasteiger partial charge is 0.134 e. The highest BCUT2D eigenvalue weighted by molar-refractivity contribution is 9.10. The quantitative estimate of drug-likeness (QED) is 0.693. The average molecular weight is 332 g/mol. The maximum atomic E-state index is 13.0. The standard InChI is InChI=1S/C16H11BrFNO/c17-14-9-13(18)6-7-15(14)20-10-12-4-1-3-11-5-2-8-19-16(11)12/h1-9H,10H2. The number of para-hydroxylation sites is 1. The molecule has 0 aliphatic rings. The van der Waals surface area contributed by atoms with Crippen molar-refractivity contribution in [3.05, 3.63) is 70.6 Å². The van der Waals surface area contributed by atoms with Crippen molar-refractivity contribution in [3.63, 3.8) is 0 Å². The number of pyridine rings is 1. The van der Waals surface area contributed by atoms with E-state index < -0.39 is 0 Å². The fourth-order valence-electron chi connectivity index (χ4n) is 2.03. The van der Waals surface area contributed by atoms with Gasteiger partial charge >= 0.3 is 0 Å². The minimum absolute atomic E-state index is 0.295. The maximum Gasteiger partial charge on any atom is 0.134 e. The van der Waals surface area contributed by atoms with Crippen LogP contribution in [-0.2, 0) is 6.61 Å². The predicted molar refractivity (Wildman–Crippen MR) is 80.2 cm³/mol. The molecule has 0 N–H and O–H groups in total. The molecule has 0 bridgehead atoms. The molecule has 4 heteroatoms. The number of nitrogens with zero attached hydrogens (tertiary/aromatic N) is 1.